The summed E-state index contributed by atoms with van der Waals surface area (Å²) < 4.78 is 39.1. The van der Waals surface area contributed by atoms with E-state index in [2.05, 4.69) is 11.4 Å². The molecule has 8 heteroatoms. The summed E-state index contributed by atoms with van der Waals surface area (Å²) in [6.45, 7) is -0.240. The zero-order valence-corrected chi connectivity index (χ0v) is 20.8. The second kappa shape index (κ2) is 10.9. The highest BCUT2D eigenvalue weighted by molar-refractivity contribution is 7.89. The SMILES string of the molecule is COc1ccc(S(=O)(=O)N(CC(=O)NC2CCCc3ccccc32)Cc2ccccc2)cc1OC. The van der Waals surface area contributed by atoms with Gasteiger partial charge in [0.15, 0.2) is 11.5 Å². The van der Waals surface area contributed by atoms with Crippen molar-refractivity contribution >= 4 is 15.9 Å². The van der Waals surface area contributed by atoms with Crippen molar-refractivity contribution in [3.8, 4) is 11.5 Å². The number of sulfonamides is 1. The van der Waals surface area contributed by atoms with Crippen LogP contribution >= 0.6 is 0 Å². The molecule has 7 nitrogen and oxygen atoms in total. The third-order valence-corrected chi connectivity index (χ3v) is 8.01. The average Bonchev–Trinajstić information content (AvgIpc) is 2.88. The van der Waals surface area contributed by atoms with Crippen LogP contribution in [0.5, 0.6) is 11.5 Å². The van der Waals surface area contributed by atoms with Gasteiger partial charge in [-0.05, 0) is 48.1 Å². The molecule has 184 valence electrons. The molecular weight excluding hydrogens is 464 g/mol. The molecule has 0 saturated heterocycles. The van der Waals surface area contributed by atoms with Crippen LogP contribution in [0.15, 0.2) is 77.7 Å². The lowest BCUT2D eigenvalue weighted by atomic mass is 9.88. The number of methoxy groups -OCH3 is 2. The number of rotatable bonds is 9. The summed E-state index contributed by atoms with van der Waals surface area (Å²) in [5.41, 5.74) is 3.11. The Kier molecular flexibility index (Phi) is 7.73. The van der Waals surface area contributed by atoms with Gasteiger partial charge in [-0.25, -0.2) is 8.42 Å². The number of ether oxygens (including phenoxy) is 2. The maximum atomic E-state index is 13.7. The zero-order chi connectivity index (χ0) is 24.8. The summed E-state index contributed by atoms with van der Waals surface area (Å²) in [6.07, 6.45) is 2.78. The maximum Gasteiger partial charge on any atom is 0.243 e. The van der Waals surface area contributed by atoms with Gasteiger partial charge in [-0.15, -0.1) is 0 Å². The molecule has 0 radical (unpaired) electrons. The number of carbonyl (C=O) groups excluding carboxylic acids is 1. The molecular formula is C27H30N2O5S. The van der Waals surface area contributed by atoms with Crippen molar-refractivity contribution in [1.82, 2.24) is 9.62 Å². The highest BCUT2D eigenvalue weighted by Gasteiger charge is 2.29. The summed E-state index contributed by atoms with van der Waals surface area (Å²) in [5, 5.41) is 3.07. The molecule has 3 aromatic rings. The summed E-state index contributed by atoms with van der Waals surface area (Å²) >= 11 is 0. The highest BCUT2D eigenvalue weighted by Crippen LogP contribution is 2.32. The first-order valence-electron chi connectivity index (χ1n) is 11.6. The Morgan fingerprint density at radius 3 is 2.43 bits per heavy atom. The van der Waals surface area contributed by atoms with Crippen LogP contribution in [0.3, 0.4) is 0 Å². The fraction of sp³-hybridized carbons (Fsp3) is 0.296. The van der Waals surface area contributed by atoms with Crippen molar-refractivity contribution in [3.05, 3.63) is 89.5 Å². The van der Waals surface area contributed by atoms with Gasteiger partial charge in [0.05, 0.1) is 31.7 Å². The number of aryl methyl sites for hydroxylation is 1. The topological polar surface area (TPSA) is 84.9 Å². The van der Waals surface area contributed by atoms with Crippen LogP contribution in [0.2, 0.25) is 0 Å². The van der Waals surface area contributed by atoms with Crippen LogP contribution in [-0.4, -0.2) is 39.4 Å². The molecule has 0 spiro atoms. The Morgan fingerprint density at radius 2 is 1.69 bits per heavy atom. The van der Waals surface area contributed by atoms with Crippen LogP contribution in [-0.2, 0) is 27.8 Å². The Balaban J connectivity index is 1.60. The standard InChI is InChI=1S/C27H30N2O5S/c1-33-25-16-15-22(17-26(25)34-2)35(31,32)29(18-20-9-4-3-5-10-20)19-27(30)28-24-14-8-12-21-11-6-7-13-23(21)24/h3-7,9-11,13,15-17,24H,8,12,14,18-19H2,1-2H3,(H,28,30). The van der Waals surface area contributed by atoms with Crippen molar-refractivity contribution in [2.45, 2.75) is 36.7 Å². The lowest BCUT2D eigenvalue weighted by molar-refractivity contribution is -0.122. The smallest absolute Gasteiger partial charge is 0.243 e. The number of nitrogens with one attached hydrogen (secondary N) is 1. The van der Waals surface area contributed by atoms with Gasteiger partial charge in [-0.2, -0.15) is 4.31 Å². The quantitative estimate of drug-likeness (QED) is 0.484. The number of benzene rings is 3. The monoisotopic (exact) mass is 494 g/mol. The first-order valence-corrected chi connectivity index (χ1v) is 13.0. The van der Waals surface area contributed by atoms with Gasteiger partial charge in [-0.1, -0.05) is 54.6 Å². The fourth-order valence-electron chi connectivity index (χ4n) is 4.44. The Hall–Kier alpha value is -3.36. The lowest BCUT2D eigenvalue weighted by Crippen LogP contribution is -2.42. The van der Waals surface area contributed by atoms with Crippen LogP contribution in [0.4, 0.5) is 0 Å². The molecule has 0 fully saturated rings. The third kappa shape index (κ3) is 5.66. The van der Waals surface area contributed by atoms with E-state index in [9.17, 15) is 13.2 Å². The molecule has 1 unspecified atom stereocenters. The number of amides is 1. The van der Waals surface area contributed by atoms with Crippen LogP contribution in [0.25, 0.3) is 0 Å². The number of nitrogens with zero attached hydrogens (tertiary/aromatic N) is 1. The first kappa shape index (κ1) is 24.8. The van der Waals surface area contributed by atoms with Gasteiger partial charge in [-0.3, -0.25) is 4.79 Å². The number of carbonyl (C=O) groups is 1. The molecule has 0 heterocycles. The second-order valence-electron chi connectivity index (χ2n) is 8.49. The van der Waals surface area contributed by atoms with Gasteiger partial charge in [0, 0.05) is 12.6 Å². The maximum absolute atomic E-state index is 13.7. The molecule has 1 atom stereocenters. The van der Waals surface area contributed by atoms with Gasteiger partial charge in [0.1, 0.15) is 0 Å². The third-order valence-electron chi connectivity index (χ3n) is 6.22. The van der Waals surface area contributed by atoms with E-state index >= 15 is 0 Å². The van der Waals surface area contributed by atoms with Gasteiger partial charge >= 0.3 is 0 Å². The molecule has 35 heavy (non-hydrogen) atoms. The molecule has 0 aliphatic heterocycles. The Bertz CT molecular complexity index is 1280. The van der Waals surface area contributed by atoms with E-state index < -0.39 is 10.0 Å². The predicted molar refractivity (Wildman–Crippen MR) is 134 cm³/mol. The van der Waals surface area contributed by atoms with E-state index in [0.29, 0.717) is 11.5 Å². The first-order chi connectivity index (χ1) is 16.9. The van der Waals surface area contributed by atoms with E-state index in [1.807, 2.05) is 48.5 Å². The van der Waals surface area contributed by atoms with Crippen molar-refractivity contribution < 1.29 is 22.7 Å². The zero-order valence-electron chi connectivity index (χ0n) is 19.9. The number of fused-ring (bicyclic) bond motifs is 1. The summed E-state index contributed by atoms with van der Waals surface area (Å²) in [6, 6.07) is 21.6. The number of hydrogen-bond donors (Lipinski definition) is 1. The van der Waals surface area contributed by atoms with E-state index in [4.69, 9.17) is 9.47 Å². The molecule has 1 amide bonds. The summed E-state index contributed by atoms with van der Waals surface area (Å²) in [7, 11) is -1.08. The molecule has 4 rings (SSSR count). The predicted octanol–water partition coefficient (Wildman–Crippen LogP) is 4.09. The molecule has 0 bridgehead atoms. The van der Waals surface area contributed by atoms with Crippen LogP contribution in [0.1, 0.15) is 35.6 Å². The van der Waals surface area contributed by atoms with Crippen molar-refractivity contribution in [3.63, 3.8) is 0 Å². The molecule has 0 aromatic heterocycles. The van der Waals surface area contributed by atoms with Gasteiger partial charge in [0.25, 0.3) is 0 Å². The minimum absolute atomic E-state index is 0.0295. The van der Waals surface area contributed by atoms with Crippen LogP contribution < -0.4 is 14.8 Å². The average molecular weight is 495 g/mol. The fourth-order valence-corrected chi connectivity index (χ4v) is 5.84. The van der Waals surface area contributed by atoms with E-state index in [1.165, 1.54) is 36.2 Å². The van der Waals surface area contributed by atoms with Crippen molar-refractivity contribution in [1.29, 1.82) is 0 Å². The molecule has 1 aliphatic carbocycles. The summed E-state index contributed by atoms with van der Waals surface area (Å²) in [4.78, 5) is 13.2. The number of hydrogen-bond acceptors (Lipinski definition) is 5. The minimum Gasteiger partial charge on any atom is -0.493 e. The Labute approximate surface area is 206 Å². The molecule has 1 N–H and O–H groups in total. The van der Waals surface area contributed by atoms with Gasteiger partial charge < -0.3 is 14.8 Å². The second-order valence-corrected chi connectivity index (χ2v) is 10.4. The molecule has 1 aliphatic rings. The Morgan fingerprint density at radius 1 is 0.971 bits per heavy atom. The van der Waals surface area contributed by atoms with Crippen molar-refractivity contribution in [2.75, 3.05) is 20.8 Å². The van der Waals surface area contributed by atoms with E-state index in [1.54, 1.807) is 6.07 Å². The minimum atomic E-state index is -4.02. The van der Waals surface area contributed by atoms with E-state index in [0.717, 1.165) is 30.4 Å². The highest BCUT2D eigenvalue weighted by atomic mass is 32.2. The van der Waals surface area contributed by atoms with Gasteiger partial charge in [0.2, 0.25) is 15.9 Å². The van der Waals surface area contributed by atoms with Crippen LogP contribution in [0, 0.1) is 0 Å². The van der Waals surface area contributed by atoms with Crippen molar-refractivity contribution in [2.24, 2.45) is 0 Å². The molecule has 0 saturated carbocycles. The van der Waals surface area contributed by atoms with E-state index in [-0.39, 0.29) is 29.9 Å². The largest absolute Gasteiger partial charge is 0.493 e. The molecule has 3 aromatic carbocycles. The summed E-state index contributed by atoms with van der Waals surface area (Å²) in [5.74, 6) is 0.387. The lowest BCUT2D eigenvalue weighted by Gasteiger charge is -2.28. The normalized spacial score (nSPS) is 15.3.